The zero-order chi connectivity index (χ0) is 22.9. The van der Waals surface area contributed by atoms with E-state index in [1.165, 1.54) is 0 Å². The van der Waals surface area contributed by atoms with E-state index in [4.69, 9.17) is 9.73 Å². The molecule has 9 heteroatoms. The number of rotatable bonds is 6. The van der Waals surface area contributed by atoms with Crippen LogP contribution >= 0.6 is 0 Å². The first-order valence-corrected chi connectivity index (χ1v) is 9.66. The summed E-state index contributed by atoms with van der Waals surface area (Å²) >= 11 is 0. The lowest BCUT2D eigenvalue weighted by Crippen LogP contribution is -2.36. The van der Waals surface area contributed by atoms with E-state index < -0.39 is 35.6 Å². The fraction of sp³-hybridized carbons (Fsp3) is 0.409. The van der Waals surface area contributed by atoms with Crippen molar-refractivity contribution in [2.24, 2.45) is 4.99 Å². The maximum Gasteiger partial charge on any atom is 0.416 e. The smallest absolute Gasteiger partial charge is 0.374 e. The molecule has 0 N–H and O–H groups in total. The first-order chi connectivity index (χ1) is 14.4. The monoisotopic (exact) mass is 444 g/mol. The summed E-state index contributed by atoms with van der Waals surface area (Å²) in [4.78, 5) is 6.77. The number of ether oxygens (including phenoxy) is 1. The molecule has 1 aliphatic rings. The van der Waals surface area contributed by atoms with Gasteiger partial charge in [-0.2, -0.15) is 26.3 Å². The third-order valence-corrected chi connectivity index (χ3v) is 5.17. The van der Waals surface area contributed by atoms with Gasteiger partial charge in [0.25, 0.3) is 0 Å². The second kappa shape index (κ2) is 8.53. The number of halogens is 6. The Morgan fingerprint density at radius 3 is 2.03 bits per heavy atom. The molecule has 0 saturated heterocycles. The third kappa shape index (κ3) is 5.20. The van der Waals surface area contributed by atoms with Gasteiger partial charge in [-0.1, -0.05) is 37.3 Å². The predicted octanol–water partition coefficient (Wildman–Crippen LogP) is 5.89. The lowest BCUT2D eigenvalue weighted by molar-refractivity contribution is -0.143. The van der Waals surface area contributed by atoms with Crippen LogP contribution in [-0.4, -0.2) is 30.9 Å². The van der Waals surface area contributed by atoms with Crippen molar-refractivity contribution in [3.05, 3.63) is 70.8 Å². The third-order valence-electron chi connectivity index (χ3n) is 5.17. The van der Waals surface area contributed by atoms with Crippen molar-refractivity contribution in [2.45, 2.75) is 37.8 Å². The summed E-state index contributed by atoms with van der Waals surface area (Å²) in [5, 5.41) is 0. The van der Waals surface area contributed by atoms with Gasteiger partial charge in [-0.05, 0) is 29.3 Å². The number of aliphatic imine (C=N–C) groups is 1. The molecule has 168 valence electrons. The van der Waals surface area contributed by atoms with E-state index >= 15 is 0 Å². The van der Waals surface area contributed by atoms with Crippen LogP contribution in [0.15, 0.2) is 53.5 Å². The van der Waals surface area contributed by atoms with Crippen LogP contribution in [0.4, 0.5) is 26.3 Å². The Morgan fingerprint density at radius 1 is 0.968 bits per heavy atom. The number of likely N-dealkylation sites (N-methyl/N-ethyl adjacent to an activating group) is 1. The molecule has 1 atom stereocenters. The number of alkyl halides is 6. The molecule has 0 saturated carbocycles. The average Bonchev–Trinajstić information content (AvgIpc) is 3.04. The summed E-state index contributed by atoms with van der Waals surface area (Å²) in [6.07, 6.45) is -9.10. The van der Waals surface area contributed by atoms with Gasteiger partial charge in [0.1, 0.15) is 5.54 Å². The fourth-order valence-electron chi connectivity index (χ4n) is 3.71. The van der Waals surface area contributed by atoms with Gasteiger partial charge in [0.15, 0.2) is 0 Å². The molecule has 0 aliphatic carbocycles. The molecule has 3 rings (SSSR count). The molecule has 3 nitrogen and oxygen atoms in total. The van der Waals surface area contributed by atoms with E-state index in [0.29, 0.717) is 25.1 Å². The second-order valence-corrected chi connectivity index (χ2v) is 7.54. The number of benzene rings is 2. The fourth-order valence-corrected chi connectivity index (χ4v) is 3.71. The van der Waals surface area contributed by atoms with Gasteiger partial charge in [0.05, 0.1) is 36.7 Å². The lowest BCUT2D eigenvalue weighted by Gasteiger charge is -2.27. The summed E-state index contributed by atoms with van der Waals surface area (Å²) in [5.74, 6) is 0.853. The summed E-state index contributed by atoms with van der Waals surface area (Å²) < 4.78 is 84.1. The van der Waals surface area contributed by atoms with Crippen LogP contribution in [0.5, 0.6) is 0 Å². The van der Waals surface area contributed by atoms with Crippen molar-refractivity contribution >= 4 is 5.84 Å². The Labute approximate surface area is 176 Å². The molecule has 31 heavy (non-hydrogen) atoms. The Hall–Kier alpha value is -2.55. The highest BCUT2D eigenvalue weighted by atomic mass is 19.4. The van der Waals surface area contributed by atoms with Gasteiger partial charge in [-0.3, -0.25) is 4.99 Å². The molecular formula is C22H22F6N2O. The van der Waals surface area contributed by atoms with E-state index in [0.717, 1.165) is 11.4 Å². The van der Waals surface area contributed by atoms with E-state index in [2.05, 4.69) is 0 Å². The molecule has 0 fully saturated rings. The molecule has 0 aromatic heterocycles. The van der Waals surface area contributed by atoms with Crippen LogP contribution < -0.4 is 0 Å². The molecular weight excluding hydrogens is 422 g/mol. The van der Waals surface area contributed by atoms with Crippen LogP contribution in [0, 0.1) is 0 Å². The van der Waals surface area contributed by atoms with Crippen molar-refractivity contribution < 1.29 is 31.1 Å². The Morgan fingerprint density at radius 2 is 1.55 bits per heavy atom. The highest BCUT2D eigenvalue weighted by Gasteiger charge is 2.40. The Balaban J connectivity index is 1.86. The molecule has 0 bridgehead atoms. The van der Waals surface area contributed by atoms with Crippen LogP contribution in [0.1, 0.15) is 35.6 Å². The molecule has 0 amide bonds. The zero-order valence-electron chi connectivity index (χ0n) is 17.0. The van der Waals surface area contributed by atoms with Gasteiger partial charge < -0.3 is 9.64 Å². The molecule has 0 spiro atoms. The van der Waals surface area contributed by atoms with Crippen LogP contribution in [0.3, 0.4) is 0 Å². The largest absolute Gasteiger partial charge is 0.416 e. The number of hydrogen-bond donors (Lipinski definition) is 0. The zero-order valence-corrected chi connectivity index (χ0v) is 17.0. The standard InChI is InChI=1S/C22H22F6N2O/c1-3-19-29-20(13-30(19)2,16-7-5-4-6-8-16)14-31-12-15-9-17(21(23,24)25)11-18(10-15)22(26,27)28/h4-11H,3,12-14H2,1-2H3/t20-/m1/s1. The molecule has 2 aromatic carbocycles. The van der Waals surface area contributed by atoms with Gasteiger partial charge in [0, 0.05) is 13.5 Å². The predicted molar refractivity (Wildman–Crippen MR) is 105 cm³/mol. The van der Waals surface area contributed by atoms with Crippen molar-refractivity contribution in [3.8, 4) is 0 Å². The lowest BCUT2D eigenvalue weighted by atomic mass is 9.92. The highest BCUT2D eigenvalue weighted by Crippen LogP contribution is 2.37. The summed E-state index contributed by atoms with van der Waals surface area (Å²) in [6, 6.07) is 10.8. The first-order valence-electron chi connectivity index (χ1n) is 9.66. The minimum absolute atomic E-state index is 0.0163. The van der Waals surface area contributed by atoms with Crippen LogP contribution in [0.25, 0.3) is 0 Å². The van der Waals surface area contributed by atoms with Crippen molar-refractivity contribution in [1.29, 1.82) is 0 Å². The van der Waals surface area contributed by atoms with Gasteiger partial charge in [-0.25, -0.2) is 0 Å². The quantitative estimate of drug-likeness (QED) is 0.519. The topological polar surface area (TPSA) is 24.8 Å². The number of amidine groups is 1. The van der Waals surface area contributed by atoms with E-state index in [1.807, 2.05) is 49.2 Å². The maximum absolute atomic E-state index is 13.1. The molecule has 0 radical (unpaired) electrons. The van der Waals surface area contributed by atoms with Gasteiger partial charge in [0.2, 0.25) is 0 Å². The van der Waals surface area contributed by atoms with E-state index in [-0.39, 0.29) is 18.2 Å². The molecule has 1 heterocycles. The summed E-state index contributed by atoms with van der Waals surface area (Å²) in [7, 11) is 1.88. The summed E-state index contributed by atoms with van der Waals surface area (Å²) in [6.45, 7) is 2.07. The second-order valence-electron chi connectivity index (χ2n) is 7.54. The van der Waals surface area contributed by atoms with Crippen molar-refractivity contribution in [1.82, 2.24) is 4.90 Å². The summed E-state index contributed by atoms with van der Waals surface area (Å²) in [5.41, 5.74) is -2.83. The normalized spacial score (nSPS) is 19.6. The number of hydrogen-bond acceptors (Lipinski definition) is 3. The highest BCUT2D eigenvalue weighted by molar-refractivity contribution is 5.84. The SMILES string of the molecule is CCC1=N[C@](COCc2cc(C(F)(F)F)cc(C(F)(F)F)c2)(c2ccccc2)CN1C. The van der Waals surface area contributed by atoms with Gasteiger partial charge >= 0.3 is 12.4 Å². The molecule has 0 unspecified atom stereocenters. The maximum atomic E-state index is 13.1. The van der Waals surface area contributed by atoms with Crippen LogP contribution in [-0.2, 0) is 29.2 Å². The molecule has 2 aromatic rings. The first kappa shape index (κ1) is 23.1. The van der Waals surface area contributed by atoms with Gasteiger partial charge in [-0.15, -0.1) is 0 Å². The minimum atomic E-state index is -4.89. The molecule has 1 aliphatic heterocycles. The van der Waals surface area contributed by atoms with E-state index in [9.17, 15) is 26.3 Å². The minimum Gasteiger partial charge on any atom is -0.374 e. The van der Waals surface area contributed by atoms with E-state index in [1.54, 1.807) is 0 Å². The van der Waals surface area contributed by atoms with Crippen LogP contribution in [0.2, 0.25) is 0 Å². The Kier molecular flexibility index (Phi) is 6.36. The Bertz CT molecular complexity index is 907. The average molecular weight is 444 g/mol. The van der Waals surface area contributed by atoms with Crippen molar-refractivity contribution in [3.63, 3.8) is 0 Å². The number of nitrogens with zero attached hydrogens (tertiary/aromatic N) is 2. The van der Waals surface area contributed by atoms with Crippen molar-refractivity contribution in [2.75, 3.05) is 20.2 Å².